The van der Waals surface area contributed by atoms with Crippen LogP contribution in [0, 0.1) is 0 Å². The maximum absolute atomic E-state index is 12.3. The van der Waals surface area contributed by atoms with Crippen LogP contribution in [-0.2, 0) is 19.6 Å². The van der Waals surface area contributed by atoms with Crippen LogP contribution in [0.25, 0.3) is 0 Å². The van der Waals surface area contributed by atoms with Gasteiger partial charge in [-0.1, -0.05) is 11.6 Å². The molecule has 0 saturated heterocycles. The van der Waals surface area contributed by atoms with Crippen LogP contribution >= 0.6 is 23.4 Å². The van der Waals surface area contributed by atoms with Crippen LogP contribution in [0.5, 0.6) is 0 Å². The minimum Gasteiger partial charge on any atom is -0.467 e. The molecule has 2 N–H and O–H groups in total. The van der Waals surface area contributed by atoms with Crippen molar-refractivity contribution in [3.05, 3.63) is 28.8 Å². The van der Waals surface area contributed by atoms with Crippen LogP contribution in [0.15, 0.2) is 23.1 Å². The molecule has 0 radical (unpaired) electrons. The summed E-state index contributed by atoms with van der Waals surface area (Å²) in [7, 11) is -1.32. The van der Waals surface area contributed by atoms with Crippen molar-refractivity contribution >= 4 is 45.3 Å². The van der Waals surface area contributed by atoms with Gasteiger partial charge in [-0.15, -0.1) is 0 Å². The number of ether oxygens (including phenoxy) is 1. The summed E-state index contributed by atoms with van der Waals surface area (Å²) >= 11 is 7.41. The summed E-state index contributed by atoms with van der Waals surface area (Å²) in [4.78, 5) is 23.9. The highest BCUT2D eigenvalue weighted by molar-refractivity contribution is 7.98. The van der Waals surface area contributed by atoms with Gasteiger partial charge < -0.3 is 10.1 Å². The van der Waals surface area contributed by atoms with E-state index in [1.165, 1.54) is 38.1 Å². The molecule has 0 fully saturated rings. The van der Waals surface area contributed by atoms with Crippen LogP contribution in [0.4, 0.5) is 0 Å². The number of sulfonamides is 1. The smallest absolute Gasteiger partial charge is 0.328 e. The van der Waals surface area contributed by atoms with Crippen molar-refractivity contribution in [1.29, 1.82) is 0 Å². The van der Waals surface area contributed by atoms with E-state index in [1.54, 1.807) is 0 Å². The summed E-state index contributed by atoms with van der Waals surface area (Å²) in [6.45, 7) is 0. The average Bonchev–Trinajstić information content (AvgIpc) is 2.57. The molecule has 0 unspecified atom stereocenters. The van der Waals surface area contributed by atoms with Gasteiger partial charge in [-0.2, -0.15) is 11.8 Å². The minimum atomic E-state index is -3.81. The first kappa shape index (κ1) is 20.8. The SMILES string of the molecule is CNS(=O)(=O)c1cc(C(=O)N[C@@H](CCSC)C(=O)OC)ccc1Cl. The molecule has 0 aliphatic heterocycles. The molecule has 24 heavy (non-hydrogen) atoms. The van der Waals surface area contributed by atoms with Crippen molar-refractivity contribution in [2.24, 2.45) is 0 Å². The lowest BCUT2D eigenvalue weighted by molar-refractivity contribution is -0.142. The molecule has 1 aromatic carbocycles. The Hall–Kier alpha value is -1.29. The van der Waals surface area contributed by atoms with E-state index in [1.807, 2.05) is 6.26 Å². The molecule has 0 aliphatic carbocycles. The molecule has 1 atom stereocenters. The van der Waals surface area contributed by atoms with E-state index in [9.17, 15) is 18.0 Å². The number of hydrogen-bond donors (Lipinski definition) is 2. The van der Waals surface area contributed by atoms with Gasteiger partial charge in [0.15, 0.2) is 0 Å². The summed E-state index contributed by atoms with van der Waals surface area (Å²) in [5.74, 6) is -0.495. The Kier molecular flexibility index (Phi) is 8.01. The van der Waals surface area contributed by atoms with Gasteiger partial charge in [0.05, 0.1) is 12.1 Å². The van der Waals surface area contributed by atoms with E-state index in [4.69, 9.17) is 11.6 Å². The Labute approximate surface area is 150 Å². The normalized spacial score (nSPS) is 12.5. The first-order chi connectivity index (χ1) is 11.3. The largest absolute Gasteiger partial charge is 0.467 e. The van der Waals surface area contributed by atoms with Crippen LogP contribution in [-0.4, -0.2) is 52.5 Å². The van der Waals surface area contributed by atoms with E-state index in [0.29, 0.717) is 12.2 Å². The number of amides is 1. The highest BCUT2D eigenvalue weighted by atomic mass is 35.5. The predicted octanol–water partition coefficient (Wildman–Crippen LogP) is 1.27. The number of nitrogens with one attached hydrogen (secondary N) is 2. The zero-order valence-electron chi connectivity index (χ0n) is 13.5. The third-order valence-electron chi connectivity index (χ3n) is 3.15. The number of esters is 1. The first-order valence-corrected chi connectivity index (χ1v) is 10.1. The Morgan fingerprint density at radius 2 is 2.04 bits per heavy atom. The second kappa shape index (κ2) is 9.26. The van der Waals surface area contributed by atoms with Gasteiger partial charge in [-0.25, -0.2) is 17.9 Å². The molecule has 134 valence electrons. The molecule has 0 spiro atoms. The van der Waals surface area contributed by atoms with Crippen LogP contribution < -0.4 is 10.0 Å². The van der Waals surface area contributed by atoms with Gasteiger partial charge in [-0.3, -0.25) is 4.79 Å². The standard InChI is InChI=1S/C14H19ClN2O5S2/c1-16-24(20,21)12-8-9(4-5-10(12)15)13(18)17-11(6-7-23-3)14(19)22-2/h4-5,8,11,16H,6-7H2,1-3H3,(H,17,18)/t11-/m0/s1. The van der Waals surface area contributed by atoms with Gasteiger partial charge in [0.2, 0.25) is 10.0 Å². The van der Waals surface area contributed by atoms with E-state index >= 15 is 0 Å². The quantitative estimate of drug-likeness (QED) is 0.644. The molecule has 0 bridgehead atoms. The molecule has 1 rings (SSSR count). The predicted molar refractivity (Wildman–Crippen MR) is 94.0 cm³/mol. The number of rotatable bonds is 8. The molecule has 1 amide bonds. The second-order valence-corrected chi connectivity index (χ2v) is 7.93. The average molecular weight is 395 g/mol. The number of thioether (sulfide) groups is 1. The van der Waals surface area contributed by atoms with Gasteiger partial charge in [-0.05, 0) is 43.7 Å². The fourth-order valence-electron chi connectivity index (χ4n) is 1.83. The molecular formula is C14H19ClN2O5S2. The minimum absolute atomic E-state index is 0.00667. The van der Waals surface area contributed by atoms with Crippen LogP contribution in [0.3, 0.4) is 0 Å². The molecule has 7 nitrogen and oxygen atoms in total. The van der Waals surface area contributed by atoms with Gasteiger partial charge in [0.1, 0.15) is 10.9 Å². The van der Waals surface area contributed by atoms with Crippen molar-refractivity contribution in [3.8, 4) is 0 Å². The summed E-state index contributed by atoms with van der Waals surface area (Å²) < 4.78 is 30.6. The Balaban J connectivity index is 3.06. The summed E-state index contributed by atoms with van der Waals surface area (Å²) in [5.41, 5.74) is 0.0753. The summed E-state index contributed by atoms with van der Waals surface area (Å²) in [5, 5.41) is 2.54. The zero-order valence-corrected chi connectivity index (χ0v) is 15.8. The number of hydrogen-bond acceptors (Lipinski definition) is 6. The summed E-state index contributed by atoms with van der Waals surface area (Å²) in [6.07, 6.45) is 2.28. The molecule has 0 heterocycles. The summed E-state index contributed by atoms with van der Waals surface area (Å²) in [6, 6.07) is 3.05. The second-order valence-electron chi connectivity index (χ2n) is 4.68. The van der Waals surface area contributed by atoms with Gasteiger partial charge in [0, 0.05) is 5.56 Å². The van der Waals surface area contributed by atoms with E-state index < -0.39 is 27.9 Å². The fraction of sp³-hybridized carbons (Fsp3) is 0.429. The molecule has 10 heteroatoms. The lowest BCUT2D eigenvalue weighted by atomic mass is 10.1. The topological polar surface area (TPSA) is 102 Å². The molecular weight excluding hydrogens is 376 g/mol. The number of benzene rings is 1. The third kappa shape index (κ3) is 5.37. The number of halogens is 1. The monoisotopic (exact) mass is 394 g/mol. The number of carbonyl (C=O) groups is 2. The molecule has 0 aliphatic rings. The first-order valence-electron chi connectivity index (χ1n) is 6.87. The number of methoxy groups -OCH3 is 1. The van der Waals surface area contributed by atoms with Gasteiger partial charge >= 0.3 is 5.97 Å². The third-order valence-corrected chi connectivity index (χ3v) is 5.69. The molecule has 0 aromatic heterocycles. The zero-order chi connectivity index (χ0) is 18.3. The van der Waals surface area contributed by atoms with Crippen molar-refractivity contribution in [1.82, 2.24) is 10.0 Å². The van der Waals surface area contributed by atoms with E-state index in [0.717, 1.165) is 6.07 Å². The Morgan fingerprint density at radius 3 is 2.58 bits per heavy atom. The highest BCUT2D eigenvalue weighted by Gasteiger charge is 2.23. The Bertz CT molecular complexity index is 709. The van der Waals surface area contributed by atoms with Crippen molar-refractivity contribution in [2.45, 2.75) is 17.4 Å². The van der Waals surface area contributed by atoms with E-state index in [2.05, 4.69) is 14.8 Å². The fourth-order valence-corrected chi connectivity index (χ4v) is 3.55. The van der Waals surface area contributed by atoms with Gasteiger partial charge in [0.25, 0.3) is 5.91 Å². The Morgan fingerprint density at radius 1 is 1.38 bits per heavy atom. The lowest BCUT2D eigenvalue weighted by Crippen LogP contribution is -2.42. The maximum atomic E-state index is 12.3. The van der Waals surface area contributed by atoms with Crippen molar-refractivity contribution < 1.29 is 22.7 Å². The highest BCUT2D eigenvalue weighted by Crippen LogP contribution is 2.22. The molecule has 1 aromatic rings. The lowest BCUT2D eigenvalue weighted by Gasteiger charge is -2.16. The number of carbonyl (C=O) groups excluding carboxylic acids is 2. The van der Waals surface area contributed by atoms with E-state index in [-0.39, 0.29) is 15.5 Å². The van der Waals surface area contributed by atoms with Crippen molar-refractivity contribution in [3.63, 3.8) is 0 Å². The van der Waals surface area contributed by atoms with Crippen molar-refractivity contribution in [2.75, 3.05) is 26.2 Å². The molecule has 0 saturated carbocycles. The van der Waals surface area contributed by atoms with Crippen LogP contribution in [0.2, 0.25) is 5.02 Å². The maximum Gasteiger partial charge on any atom is 0.328 e. The van der Waals surface area contributed by atoms with Crippen LogP contribution in [0.1, 0.15) is 16.8 Å².